The van der Waals surface area contributed by atoms with Gasteiger partial charge in [0.05, 0.1) is 31.7 Å². The molecule has 1 amide bonds. The monoisotopic (exact) mass is 641 g/mol. The van der Waals surface area contributed by atoms with Crippen molar-refractivity contribution < 1.29 is 101 Å². The van der Waals surface area contributed by atoms with E-state index in [0.29, 0.717) is 54.3 Å². The SMILES string of the molecule is CCOc1ccc(CNc2cc(N3CC4CC4C3)ccc2C(=O)NC2CCC(OP(=O)([O-])[O-])CC2)cc1C(F)(F)F.[Na+].[Na+]. The zero-order valence-corrected chi connectivity index (χ0v) is 29.5. The van der Waals surface area contributed by atoms with Gasteiger partial charge in [-0.25, -0.2) is 0 Å². The standard InChI is InChI=1S/C28H35F3N3O6P.2Na/c1-2-39-26-10-3-17(11-24(26)28(29,30)31)14-32-25-13-21(34-15-18-12-19(18)16-34)6-9-23(25)27(35)33-20-4-7-22(8-5-20)40-41(36,37)38;;/h3,6,9-11,13,18-20,22,32H,2,4-5,7-8,12,14-16H2,1H3,(H,33,35)(H2,36,37,38);;/q;2*+1/p-2. The third kappa shape index (κ3) is 9.85. The van der Waals surface area contributed by atoms with Crippen LogP contribution in [0.1, 0.15) is 60.5 Å². The zero-order chi connectivity index (χ0) is 29.4. The molecule has 0 aromatic heterocycles. The first-order valence-corrected chi connectivity index (χ1v) is 15.3. The Hall–Kier alpha value is -0.790. The number of piperidine rings is 1. The van der Waals surface area contributed by atoms with Gasteiger partial charge < -0.3 is 39.1 Å². The minimum Gasteiger partial charge on any atom is -0.790 e. The molecule has 3 fully saturated rings. The largest absolute Gasteiger partial charge is 1.00 e. The third-order valence-electron chi connectivity index (χ3n) is 8.01. The summed E-state index contributed by atoms with van der Waals surface area (Å²) in [6.07, 6.45) is -2.51. The Morgan fingerprint density at radius 1 is 1.05 bits per heavy atom. The predicted molar refractivity (Wildman–Crippen MR) is 142 cm³/mol. The normalized spacial score (nSPS) is 23.0. The molecule has 1 saturated heterocycles. The average molecular weight is 642 g/mol. The number of alkyl halides is 3. The second-order valence-electron chi connectivity index (χ2n) is 11.0. The maximum atomic E-state index is 13.7. The van der Waals surface area contributed by atoms with E-state index in [4.69, 9.17) is 4.74 Å². The molecule has 2 saturated carbocycles. The number of carbonyl (C=O) groups is 1. The molecule has 0 radical (unpaired) electrons. The van der Waals surface area contributed by atoms with Gasteiger partial charge in [-0.1, -0.05) is 6.07 Å². The molecular weight excluding hydrogens is 608 g/mol. The van der Waals surface area contributed by atoms with E-state index in [1.54, 1.807) is 19.1 Å². The number of halogens is 3. The minimum atomic E-state index is -5.07. The van der Waals surface area contributed by atoms with Gasteiger partial charge in [0.15, 0.2) is 0 Å². The van der Waals surface area contributed by atoms with Gasteiger partial charge in [0.2, 0.25) is 0 Å². The first-order chi connectivity index (χ1) is 19.4. The number of amides is 1. The third-order valence-corrected chi connectivity index (χ3v) is 8.57. The van der Waals surface area contributed by atoms with E-state index in [-0.39, 0.29) is 90.0 Å². The number of nitrogens with zero attached hydrogens (tertiary/aromatic N) is 1. The number of nitrogens with one attached hydrogen (secondary N) is 2. The van der Waals surface area contributed by atoms with Crippen LogP contribution in [0.25, 0.3) is 0 Å². The molecule has 0 bridgehead atoms. The topological polar surface area (TPSA) is 126 Å². The molecule has 2 unspecified atom stereocenters. The van der Waals surface area contributed by atoms with Gasteiger partial charge in [0.1, 0.15) is 5.75 Å². The Balaban J connectivity index is 0.00000253. The number of phosphoric ester groups is 1. The molecule has 0 spiro atoms. The van der Waals surface area contributed by atoms with Gasteiger partial charge in [0.25, 0.3) is 5.91 Å². The molecule has 3 aliphatic rings. The Labute approximate surface area is 293 Å². The maximum Gasteiger partial charge on any atom is 1.00 e. The summed E-state index contributed by atoms with van der Waals surface area (Å²) in [7, 11) is -5.07. The molecule has 15 heteroatoms. The average Bonchev–Trinajstić information content (AvgIpc) is 3.52. The second-order valence-corrected chi connectivity index (χ2v) is 12.1. The van der Waals surface area contributed by atoms with Gasteiger partial charge in [-0.2, -0.15) is 13.2 Å². The van der Waals surface area contributed by atoms with E-state index in [0.717, 1.165) is 24.8 Å². The molecule has 5 rings (SSSR count). The van der Waals surface area contributed by atoms with Crippen LogP contribution in [-0.4, -0.2) is 37.7 Å². The smallest absolute Gasteiger partial charge is 0.790 e. The van der Waals surface area contributed by atoms with Crippen LogP contribution in [0.15, 0.2) is 36.4 Å². The van der Waals surface area contributed by atoms with E-state index in [1.807, 2.05) is 12.1 Å². The van der Waals surface area contributed by atoms with Gasteiger partial charge >= 0.3 is 65.3 Å². The van der Waals surface area contributed by atoms with Crippen LogP contribution in [0.2, 0.25) is 0 Å². The van der Waals surface area contributed by atoms with Crippen LogP contribution in [0.4, 0.5) is 24.5 Å². The molecule has 1 aliphatic heterocycles. The number of fused-ring (bicyclic) bond motifs is 1. The Morgan fingerprint density at radius 3 is 2.33 bits per heavy atom. The van der Waals surface area contributed by atoms with Gasteiger partial charge in [-0.05, 0) is 86.8 Å². The molecule has 2 aromatic rings. The summed E-state index contributed by atoms with van der Waals surface area (Å²) in [5.74, 6) is 0.797. The van der Waals surface area contributed by atoms with Crippen molar-refractivity contribution in [1.82, 2.24) is 5.32 Å². The number of benzene rings is 2. The van der Waals surface area contributed by atoms with Crippen molar-refractivity contribution in [2.75, 3.05) is 29.9 Å². The Kier molecular flexibility index (Phi) is 13.0. The van der Waals surface area contributed by atoms with E-state index in [2.05, 4.69) is 20.1 Å². The van der Waals surface area contributed by atoms with Crippen molar-refractivity contribution in [2.45, 2.75) is 63.9 Å². The molecular formula is C28H33F3N3Na2O6P. The van der Waals surface area contributed by atoms with E-state index < -0.39 is 25.7 Å². The molecule has 224 valence electrons. The van der Waals surface area contributed by atoms with Crippen LogP contribution < -0.4 is 89.2 Å². The zero-order valence-electron chi connectivity index (χ0n) is 24.6. The summed E-state index contributed by atoms with van der Waals surface area (Å²) in [5, 5.41) is 6.15. The fourth-order valence-electron chi connectivity index (χ4n) is 5.83. The van der Waals surface area contributed by atoms with Crippen LogP contribution in [-0.2, 0) is 21.8 Å². The maximum absolute atomic E-state index is 13.7. The van der Waals surface area contributed by atoms with Gasteiger partial charge in [0, 0.05) is 37.1 Å². The number of rotatable bonds is 10. The number of hydrogen-bond acceptors (Lipinski definition) is 8. The summed E-state index contributed by atoms with van der Waals surface area (Å²) in [4.78, 5) is 37.4. The van der Waals surface area contributed by atoms with Crippen LogP contribution >= 0.6 is 7.82 Å². The van der Waals surface area contributed by atoms with Crippen LogP contribution in [0, 0.1) is 11.8 Å². The van der Waals surface area contributed by atoms with Gasteiger partial charge in [-0.15, -0.1) is 0 Å². The summed E-state index contributed by atoms with van der Waals surface area (Å²) in [6.45, 7) is 3.66. The number of anilines is 2. The fraction of sp³-hybridized carbons (Fsp3) is 0.536. The molecule has 2 atom stereocenters. The van der Waals surface area contributed by atoms with E-state index >= 15 is 0 Å². The van der Waals surface area contributed by atoms with Crippen molar-refractivity contribution in [3.63, 3.8) is 0 Å². The van der Waals surface area contributed by atoms with Crippen LogP contribution in [0.5, 0.6) is 5.75 Å². The van der Waals surface area contributed by atoms with E-state index in [9.17, 15) is 32.3 Å². The quantitative estimate of drug-likeness (QED) is 0.227. The van der Waals surface area contributed by atoms with Gasteiger partial charge in [-0.3, -0.25) is 4.79 Å². The summed E-state index contributed by atoms with van der Waals surface area (Å²) in [5.41, 5.74) is 1.32. The van der Waals surface area contributed by atoms with Crippen LogP contribution in [0.3, 0.4) is 0 Å². The van der Waals surface area contributed by atoms with Crippen molar-refractivity contribution in [3.05, 3.63) is 53.1 Å². The molecule has 2 N–H and O–H groups in total. The first kappa shape index (κ1) is 36.7. The van der Waals surface area contributed by atoms with E-state index in [1.165, 1.54) is 12.5 Å². The molecule has 2 aliphatic carbocycles. The van der Waals surface area contributed by atoms with Crippen molar-refractivity contribution in [1.29, 1.82) is 0 Å². The Bertz CT molecular complexity index is 1310. The first-order valence-electron chi connectivity index (χ1n) is 13.9. The minimum absolute atomic E-state index is 0. The number of hydrogen-bond donors (Lipinski definition) is 2. The Morgan fingerprint density at radius 2 is 1.72 bits per heavy atom. The summed E-state index contributed by atoms with van der Waals surface area (Å²) in [6, 6.07) is 9.15. The summed E-state index contributed by atoms with van der Waals surface area (Å²) < 4.78 is 61.6. The number of carbonyl (C=O) groups excluding carboxylic acids is 1. The molecule has 43 heavy (non-hydrogen) atoms. The fourth-order valence-corrected chi connectivity index (χ4v) is 6.40. The molecule has 1 heterocycles. The van der Waals surface area contributed by atoms with Crippen molar-refractivity contribution in [3.8, 4) is 5.75 Å². The summed E-state index contributed by atoms with van der Waals surface area (Å²) >= 11 is 0. The second kappa shape index (κ2) is 15.2. The predicted octanol–water partition coefficient (Wildman–Crippen LogP) is -1.93. The number of phosphoric acid groups is 1. The number of ether oxygens (including phenoxy) is 1. The molecule has 2 aromatic carbocycles. The van der Waals surface area contributed by atoms with Crippen molar-refractivity contribution >= 4 is 25.1 Å². The molecule has 9 nitrogen and oxygen atoms in total. The van der Waals surface area contributed by atoms with Crippen molar-refractivity contribution in [2.24, 2.45) is 11.8 Å².